The van der Waals surface area contributed by atoms with Crippen LogP contribution in [0.4, 0.5) is 0 Å². The summed E-state index contributed by atoms with van der Waals surface area (Å²) in [6.07, 6.45) is 0. The van der Waals surface area contributed by atoms with Gasteiger partial charge in [-0.3, -0.25) is 0 Å². The molecule has 68 valence electrons. The second-order valence-corrected chi connectivity index (χ2v) is 3.90. The van der Waals surface area contributed by atoms with E-state index in [1.165, 1.54) is 0 Å². The van der Waals surface area contributed by atoms with Crippen LogP contribution in [0.5, 0.6) is 0 Å². The van der Waals surface area contributed by atoms with E-state index in [9.17, 15) is 4.79 Å². The molecule has 0 aromatic heterocycles. The van der Waals surface area contributed by atoms with E-state index in [2.05, 4.69) is 28.2 Å². The minimum atomic E-state index is -1.11. The largest absolute Gasteiger partial charge is 0.478 e. The highest BCUT2D eigenvalue weighted by Gasteiger charge is 2.34. The van der Waals surface area contributed by atoms with Crippen molar-refractivity contribution >= 4 is 18.6 Å². The monoisotopic (exact) mass is 190 g/mol. The van der Waals surface area contributed by atoms with E-state index in [0.717, 1.165) is 0 Å². The van der Waals surface area contributed by atoms with Crippen LogP contribution in [0.25, 0.3) is 10.4 Å². The molecule has 2 N–H and O–H groups in total. The van der Waals surface area contributed by atoms with Gasteiger partial charge in [-0.05, 0) is 19.1 Å². The van der Waals surface area contributed by atoms with Crippen LogP contribution in [0.3, 0.4) is 0 Å². The molecule has 0 aliphatic carbocycles. The van der Waals surface area contributed by atoms with Crippen molar-refractivity contribution in [2.75, 3.05) is 0 Å². The third-order valence-corrected chi connectivity index (χ3v) is 1.44. The van der Waals surface area contributed by atoms with Crippen molar-refractivity contribution in [2.24, 2.45) is 5.22 Å². The van der Waals surface area contributed by atoms with Gasteiger partial charge in [0.25, 0.3) is 0 Å². The maximum Gasteiger partial charge on any atom is 0.350 e. The Kier molecular flexibility index (Phi) is 3.72. The van der Waals surface area contributed by atoms with E-state index in [1.807, 2.05) is 0 Å². The van der Waals surface area contributed by atoms with Crippen LogP contribution in [0.2, 0.25) is 0 Å². The SMILES string of the molecule is CC(C)(S)[C@H](NN=[N+]=[N-])C(=O)O. The summed E-state index contributed by atoms with van der Waals surface area (Å²) in [5.74, 6) is -1.11. The molecule has 0 saturated heterocycles. The van der Waals surface area contributed by atoms with Gasteiger partial charge in [-0.2, -0.15) is 17.5 Å². The van der Waals surface area contributed by atoms with Gasteiger partial charge in [0.2, 0.25) is 6.04 Å². The summed E-state index contributed by atoms with van der Waals surface area (Å²) in [5.41, 5.74) is 10.1. The molecular weight excluding hydrogens is 180 g/mol. The highest BCUT2D eigenvalue weighted by atomic mass is 32.1. The molecule has 0 bridgehead atoms. The zero-order valence-electron chi connectivity index (χ0n) is 6.72. The van der Waals surface area contributed by atoms with Gasteiger partial charge in [-0.1, -0.05) is 0 Å². The average Bonchev–Trinajstić information content (AvgIpc) is 1.84. The molecule has 0 aliphatic rings. The first-order chi connectivity index (χ1) is 5.39. The summed E-state index contributed by atoms with van der Waals surface area (Å²) < 4.78 is -0.792. The van der Waals surface area contributed by atoms with Crippen LogP contribution in [-0.2, 0) is 4.79 Å². The van der Waals surface area contributed by atoms with Crippen molar-refractivity contribution in [3.8, 4) is 0 Å². The molecular formula is C5H10N4O2S. The Bertz CT molecular complexity index is 218. The number of hydrogen-bond donors (Lipinski definition) is 3. The molecule has 0 amide bonds. The van der Waals surface area contributed by atoms with Crippen LogP contribution >= 0.6 is 12.6 Å². The number of aliphatic carboxylic acids is 1. The third-order valence-electron chi connectivity index (χ3n) is 1.18. The Morgan fingerprint density at radius 2 is 2.33 bits per heavy atom. The Hall–Kier alpha value is -1.07. The zero-order valence-corrected chi connectivity index (χ0v) is 7.62. The van der Waals surface area contributed by atoms with E-state index in [-0.39, 0.29) is 0 Å². The normalized spacial score (nSPS) is 12.9. The number of nitrogens with one attached hydrogen (secondary N) is 1. The molecule has 0 radical (unpaired) electrons. The Morgan fingerprint density at radius 3 is 2.58 bits per heavy atom. The summed E-state index contributed by atoms with van der Waals surface area (Å²) in [5, 5.41) is 11.6. The zero-order chi connectivity index (χ0) is 9.78. The minimum absolute atomic E-state index is 0.792. The number of rotatable bonds is 4. The molecule has 0 spiro atoms. The number of carboxylic acid groups (broad SMARTS) is 1. The van der Waals surface area contributed by atoms with Crippen LogP contribution in [-0.4, -0.2) is 21.9 Å². The predicted octanol–water partition coefficient (Wildman–Crippen LogP) is 0.963. The van der Waals surface area contributed by atoms with E-state index in [0.29, 0.717) is 0 Å². The van der Waals surface area contributed by atoms with Gasteiger partial charge in [-0.25, -0.2) is 10.2 Å². The van der Waals surface area contributed by atoms with Gasteiger partial charge in [0.15, 0.2) is 0 Å². The standard InChI is InChI=1S/C5H10N4O2S/c1-5(2,12)3(4(10)11)7-9-8-6/h3,7,12H,1-2H3,(H,10,11)/t3-/m1/s1. The molecule has 7 heteroatoms. The Labute approximate surface area is 75.0 Å². The number of hydrogen-bond acceptors (Lipinski definition) is 3. The molecule has 1 atom stereocenters. The summed E-state index contributed by atoms with van der Waals surface area (Å²) in [6.45, 7) is 3.21. The highest BCUT2D eigenvalue weighted by molar-refractivity contribution is 7.81. The van der Waals surface area contributed by atoms with Crippen molar-refractivity contribution in [1.82, 2.24) is 5.43 Å². The average molecular weight is 190 g/mol. The lowest BCUT2D eigenvalue weighted by Gasteiger charge is -2.21. The summed E-state index contributed by atoms with van der Waals surface area (Å²) >= 11 is 4.04. The molecule has 0 aromatic rings. The fourth-order valence-corrected chi connectivity index (χ4v) is 0.767. The number of nitrogens with zero attached hydrogens (tertiary/aromatic N) is 3. The van der Waals surface area contributed by atoms with Gasteiger partial charge < -0.3 is 5.11 Å². The van der Waals surface area contributed by atoms with Crippen LogP contribution in [0, 0.1) is 0 Å². The van der Waals surface area contributed by atoms with Gasteiger partial charge in [0, 0.05) is 0 Å². The van der Waals surface area contributed by atoms with Crippen molar-refractivity contribution in [3.05, 3.63) is 10.4 Å². The maximum atomic E-state index is 10.6. The van der Waals surface area contributed by atoms with Gasteiger partial charge in [0.05, 0.1) is 4.75 Å². The number of carbonyl (C=O) groups is 1. The van der Waals surface area contributed by atoms with Crippen molar-refractivity contribution in [1.29, 1.82) is 0 Å². The summed E-state index contributed by atoms with van der Waals surface area (Å²) in [4.78, 5) is 12.9. The first-order valence-corrected chi connectivity index (χ1v) is 3.59. The first-order valence-electron chi connectivity index (χ1n) is 3.14. The topological polar surface area (TPSA) is 98.1 Å². The quantitative estimate of drug-likeness (QED) is 0.202. The Balaban J connectivity index is 4.45. The lowest BCUT2D eigenvalue weighted by molar-refractivity contribution is -0.140. The minimum Gasteiger partial charge on any atom is -0.478 e. The molecule has 0 saturated carbocycles. The Morgan fingerprint density at radius 1 is 1.83 bits per heavy atom. The second-order valence-electron chi connectivity index (χ2n) is 2.74. The fourth-order valence-electron chi connectivity index (χ4n) is 0.599. The predicted molar refractivity (Wildman–Crippen MR) is 46.8 cm³/mol. The van der Waals surface area contributed by atoms with E-state index >= 15 is 0 Å². The summed E-state index contributed by atoms with van der Waals surface area (Å²) in [7, 11) is 0. The smallest absolute Gasteiger partial charge is 0.350 e. The number of thiol groups is 1. The van der Waals surface area contributed by atoms with Gasteiger partial charge in [0.1, 0.15) is 0 Å². The van der Waals surface area contributed by atoms with Gasteiger partial charge >= 0.3 is 5.97 Å². The number of azide groups is 1. The number of carboxylic acids is 1. The molecule has 12 heavy (non-hydrogen) atoms. The second kappa shape index (κ2) is 4.08. The molecule has 0 unspecified atom stereocenters. The van der Waals surface area contributed by atoms with Crippen LogP contribution in [0.15, 0.2) is 5.22 Å². The lowest BCUT2D eigenvalue weighted by Crippen LogP contribution is -2.46. The first kappa shape index (κ1) is 10.9. The van der Waals surface area contributed by atoms with Crippen molar-refractivity contribution in [2.45, 2.75) is 24.6 Å². The molecule has 0 aromatic carbocycles. The highest BCUT2D eigenvalue weighted by Crippen LogP contribution is 2.17. The molecule has 6 nitrogen and oxygen atoms in total. The summed E-state index contributed by atoms with van der Waals surface area (Å²) in [6, 6.07) is -1.00. The lowest BCUT2D eigenvalue weighted by atomic mass is 10.0. The van der Waals surface area contributed by atoms with E-state index in [1.54, 1.807) is 13.8 Å². The molecule has 0 heterocycles. The van der Waals surface area contributed by atoms with E-state index < -0.39 is 16.8 Å². The maximum absolute atomic E-state index is 10.6. The molecule has 0 fully saturated rings. The fraction of sp³-hybridized carbons (Fsp3) is 0.800. The molecule has 0 rings (SSSR count). The van der Waals surface area contributed by atoms with Crippen LogP contribution in [0.1, 0.15) is 13.8 Å². The van der Waals surface area contributed by atoms with E-state index in [4.69, 9.17) is 10.6 Å². The van der Waals surface area contributed by atoms with Crippen molar-refractivity contribution in [3.63, 3.8) is 0 Å². The third kappa shape index (κ3) is 3.36. The van der Waals surface area contributed by atoms with Gasteiger partial charge in [-0.15, -0.1) is 5.53 Å². The molecule has 0 aliphatic heterocycles. The van der Waals surface area contributed by atoms with Crippen molar-refractivity contribution < 1.29 is 9.90 Å². The van der Waals surface area contributed by atoms with Crippen LogP contribution < -0.4 is 5.43 Å².